The van der Waals surface area contributed by atoms with Gasteiger partial charge in [0.1, 0.15) is 11.8 Å². The minimum Gasteiger partial charge on any atom is -0.497 e. The van der Waals surface area contributed by atoms with Crippen molar-refractivity contribution in [2.45, 2.75) is 32.7 Å². The van der Waals surface area contributed by atoms with Gasteiger partial charge in [0.25, 0.3) is 0 Å². The zero-order valence-electron chi connectivity index (χ0n) is 14.5. The van der Waals surface area contributed by atoms with Crippen molar-refractivity contribution >= 4 is 17.6 Å². The van der Waals surface area contributed by atoms with E-state index in [0.717, 1.165) is 17.9 Å². The van der Waals surface area contributed by atoms with Gasteiger partial charge in [0.2, 0.25) is 0 Å². The lowest BCUT2D eigenvalue weighted by Crippen LogP contribution is -2.53. The van der Waals surface area contributed by atoms with E-state index < -0.39 is 12.0 Å². The largest absolute Gasteiger partial charge is 0.497 e. The third-order valence-electron chi connectivity index (χ3n) is 4.15. The average Bonchev–Trinajstić information content (AvgIpc) is 2.61. The second-order valence-electron chi connectivity index (χ2n) is 5.59. The van der Waals surface area contributed by atoms with Crippen LogP contribution in [-0.4, -0.2) is 44.8 Å². The number of hydrogen-bond donors (Lipinski definition) is 0. The fraction of sp³-hybridized carbons (Fsp3) is 0.556. The number of benzene rings is 1. The minimum atomic E-state index is -0.661. The Morgan fingerprint density at radius 1 is 1.08 bits per heavy atom. The van der Waals surface area contributed by atoms with Gasteiger partial charge in [-0.2, -0.15) is 0 Å². The lowest BCUT2D eigenvalue weighted by atomic mass is 9.88. The van der Waals surface area contributed by atoms with Gasteiger partial charge in [0.15, 0.2) is 0 Å². The van der Waals surface area contributed by atoms with Gasteiger partial charge >= 0.3 is 11.9 Å². The molecule has 1 aliphatic heterocycles. The first kappa shape index (κ1) is 18.1. The van der Waals surface area contributed by atoms with Gasteiger partial charge in [-0.05, 0) is 51.0 Å². The summed E-state index contributed by atoms with van der Waals surface area (Å²) in [5.74, 6) is -0.495. The SMILES string of the molecule is CCOC(=O)[C@H]1CCCN(c2ccc(OC)cc2)[C@H]1C(=O)OCC. The van der Waals surface area contributed by atoms with E-state index in [9.17, 15) is 9.59 Å². The van der Waals surface area contributed by atoms with E-state index in [1.54, 1.807) is 21.0 Å². The summed E-state index contributed by atoms with van der Waals surface area (Å²) >= 11 is 0. The number of rotatable bonds is 6. The highest BCUT2D eigenvalue weighted by atomic mass is 16.5. The molecule has 0 saturated carbocycles. The number of piperidine rings is 1. The summed E-state index contributed by atoms with van der Waals surface area (Å²) in [5.41, 5.74) is 0.864. The molecule has 6 heteroatoms. The molecule has 0 aromatic heterocycles. The molecule has 1 aromatic carbocycles. The predicted molar refractivity (Wildman–Crippen MR) is 90.1 cm³/mol. The van der Waals surface area contributed by atoms with Crippen molar-refractivity contribution in [3.63, 3.8) is 0 Å². The van der Waals surface area contributed by atoms with Crippen LogP contribution in [-0.2, 0) is 19.1 Å². The summed E-state index contributed by atoms with van der Waals surface area (Å²) in [6, 6.07) is 6.79. The maximum atomic E-state index is 12.5. The zero-order chi connectivity index (χ0) is 17.5. The summed E-state index contributed by atoms with van der Waals surface area (Å²) in [4.78, 5) is 26.8. The molecule has 2 rings (SSSR count). The van der Waals surface area contributed by atoms with E-state index in [1.165, 1.54) is 0 Å². The van der Waals surface area contributed by atoms with Gasteiger partial charge in [0, 0.05) is 12.2 Å². The van der Waals surface area contributed by atoms with Crippen molar-refractivity contribution in [2.24, 2.45) is 5.92 Å². The number of esters is 2. The van der Waals surface area contributed by atoms with Crippen LogP contribution in [0, 0.1) is 5.92 Å². The van der Waals surface area contributed by atoms with Crippen LogP contribution in [0.2, 0.25) is 0 Å². The first-order valence-electron chi connectivity index (χ1n) is 8.36. The van der Waals surface area contributed by atoms with Crippen molar-refractivity contribution < 1.29 is 23.8 Å². The Morgan fingerprint density at radius 2 is 1.71 bits per heavy atom. The molecule has 1 heterocycles. The second kappa shape index (κ2) is 8.57. The van der Waals surface area contributed by atoms with Gasteiger partial charge in [-0.3, -0.25) is 4.79 Å². The summed E-state index contributed by atoms with van der Waals surface area (Å²) in [6.45, 7) is 4.79. The molecule has 0 aliphatic carbocycles. The van der Waals surface area contributed by atoms with Gasteiger partial charge in [-0.15, -0.1) is 0 Å². The van der Waals surface area contributed by atoms with Crippen molar-refractivity contribution in [3.8, 4) is 5.75 Å². The van der Waals surface area contributed by atoms with E-state index in [2.05, 4.69) is 0 Å². The highest BCUT2D eigenvalue weighted by Crippen LogP contribution is 2.31. The summed E-state index contributed by atoms with van der Waals surface area (Å²) in [6.07, 6.45) is 1.43. The number of anilines is 1. The average molecular weight is 335 g/mol. The highest BCUT2D eigenvalue weighted by molar-refractivity contribution is 5.88. The van der Waals surface area contributed by atoms with E-state index in [4.69, 9.17) is 14.2 Å². The van der Waals surface area contributed by atoms with Crippen LogP contribution in [0.25, 0.3) is 0 Å². The topological polar surface area (TPSA) is 65.1 Å². The van der Waals surface area contributed by atoms with E-state index >= 15 is 0 Å². The number of nitrogens with zero attached hydrogens (tertiary/aromatic N) is 1. The summed E-state index contributed by atoms with van der Waals surface area (Å²) < 4.78 is 15.6. The Balaban J connectivity index is 2.31. The number of ether oxygens (including phenoxy) is 3. The Hall–Kier alpha value is -2.24. The monoisotopic (exact) mass is 335 g/mol. The van der Waals surface area contributed by atoms with Crippen molar-refractivity contribution in [2.75, 3.05) is 31.8 Å². The molecule has 1 aliphatic rings. The van der Waals surface area contributed by atoms with Crippen molar-refractivity contribution in [1.82, 2.24) is 0 Å². The quantitative estimate of drug-likeness (QED) is 0.744. The Bertz CT molecular complexity index is 557. The molecule has 0 radical (unpaired) electrons. The Morgan fingerprint density at radius 3 is 2.29 bits per heavy atom. The fourth-order valence-electron chi connectivity index (χ4n) is 3.07. The molecule has 6 nitrogen and oxygen atoms in total. The third kappa shape index (κ3) is 3.99. The maximum absolute atomic E-state index is 12.5. The highest BCUT2D eigenvalue weighted by Gasteiger charge is 2.42. The molecular weight excluding hydrogens is 310 g/mol. The van der Waals surface area contributed by atoms with Crippen LogP contribution in [0.4, 0.5) is 5.69 Å². The van der Waals surface area contributed by atoms with Crippen LogP contribution in [0.15, 0.2) is 24.3 Å². The van der Waals surface area contributed by atoms with E-state index in [1.807, 2.05) is 29.2 Å². The summed E-state index contributed by atoms with van der Waals surface area (Å²) in [7, 11) is 1.61. The lowest BCUT2D eigenvalue weighted by Gasteiger charge is -2.40. The van der Waals surface area contributed by atoms with Crippen LogP contribution >= 0.6 is 0 Å². The predicted octanol–water partition coefficient (Wildman–Crippen LogP) is 2.41. The summed E-state index contributed by atoms with van der Waals surface area (Å²) in [5, 5.41) is 0. The van der Waals surface area contributed by atoms with Gasteiger partial charge < -0.3 is 19.1 Å². The molecule has 0 bridgehead atoms. The molecule has 24 heavy (non-hydrogen) atoms. The van der Waals surface area contributed by atoms with Gasteiger partial charge in [0.05, 0.1) is 26.2 Å². The maximum Gasteiger partial charge on any atom is 0.329 e. The molecule has 1 saturated heterocycles. The molecule has 1 fully saturated rings. The first-order valence-corrected chi connectivity index (χ1v) is 8.36. The molecule has 132 valence electrons. The molecule has 1 aromatic rings. The standard InChI is InChI=1S/C18H25NO5/c1-4-23-17(20)15-7-6-12-19(16(15)18(21)24-5-2)13-8-10-14(22-3)11-9-13/h8-11,15-16H,4-7,12H2,1-3H3/t15-,16+/m0/s1. The van der Waals surface area contributed by atoms with Gasteiger partial charge in [-0.1, -0.05) is 0 Å². The van der Waals surface area contributed by atoms with E-state index in [-0.39, 0.29) is 18.5 Å². The van der Waals surface area contributed by atoms with Crippen LogP contribution in [0.5, 0.6) is 5.75 Å². The third-order valence-corrected chi connectivity index (χ3v) is 4.15. The van der Waals surface area contributed by atoms with E-state index in [0.29, 0.717) is 19.6 Å². The number of hydrogen-bond acceptors (Lipinski definition) is 6. The van der Waals surface area contributed by atoms with Gasteiger partial charge in [-0.25, -0.2) is 4.79 Å². The number of carbonyl (C=O) groups is 2. The molecule has 0 N–H and O–H groups in total. The number of methoxy groups -OCH3 is 1. The van der Waals surface area contributed by atoms with Crippen LogP contribution in [0.1, 0.15) is 26.7 Å². The normalized spacial score (nSPS) is 20.4. The Kier molecular flexibility index (Phi) is 6.46. The molecule has 0 amide bonds. The number of carbonyl (C=O) groups excluding carboxylic acids is 2. The van der Waals surface area contributed by atoms with Crippen LogP contribution in [0.3, 0.4) is 0 Å². The molecule has 0 unspecified atom stereocenters. The minimum absolute atomic E-state index is 0.279. The van der Waals surface area contributed by atoms with Crippen LogP contribution < -0.4 is 9.64 Å². The zero-order valence-corrected chi connectivity index (χ0v) is 14.5. The second-order valence-corrected chi connectivity index (χ2v) is 5.59. The smallest absolute Gasteiger partial charge is 0.329 e. The Labute approximate surface area is 142 Å². The molecular formula is C18H25NO5. The van der Waals surface area contributed by atoms with Crippen molar-refractivity contribution in [3.05, 3.63) is 24.3 Å². The lowest BCUT2D eigenvalue weighted by molar-refractivity contribution is -0.157. The fourth-order valence-corrected chi connectivity index (χ4v) is 3.07. The molecule has 2 atom stereocenters. The molecule has 0 spiro atoms. The van der Waals surface area contributed by atoms with Crippen molar-refractivity contribution in [1.29, 1.82) is 0 Å². The first-order chi connectivity index (χ1) is 11.6.